The summed E-state index contributed by atoms with van der Waals surface area (Å²) >= 11 is 6.23. The summed E-state index contributed by atoms with van der Waals surface area (Å²) in [5.74, 6) is 0.436. The van der Waals surface area contributed by atoms with E-state index in [1.807, 2.05) is 0 Å². The van der Waals surface area contributed by atoms with Crippen LogP contribution in [0.1, 0.15) is 29.6 Å². The van der Waals surface area contributed by atoms with Crippen LogP contribution < -0.4 is 15.2 Å². The van der Waals surface area contributed by atoms with Gasteiger partial charge in [-0.2, -0.15) is 0 Å². The molecule has 0 aromatic heterocycles. The zero-order valence-corrected chi connectivity index (χ0v) is 13.5. The first-order valence-corrected chi connectivity index (χ1v) is 8.12. The van der Waals surface area contributed by atoms with Crippen molar-refractivity contribution in [2.75, 3.05) is 26.3 Å². The third kappa shape index (κ3) is 3.37. The van der Waals surface area contributed by atoms with Crippen LogP contribution in [0.25, 0.3) is 0 Å². The second kappa shape index (κ2) is 6.66. The predicted molar refractivity (Wildman–Crippen MR) is 84.9 cm³/mol. The highest BCUT2D eigenvalue weighted by molar-refractivity contribution is 6.32. The maximum Gasteiger partial charge on any atom is 0.254 e. The van der Waals surface area contributed by atoms with E-state index in [0.29, 0.717) is 61.2 Å². The zero-order chi connectivity index (χ0) is 16.4. The largest absolute Gasteiger partial charge is 0.489 e. The molecule has 0 radical (unpaired) electrons. The van der Waals surface area contributed by atoms with Crippen LogP contribution in [0.4, 0.5) is 0 Å². The molecule has 1 aromatic carbocycles. The lowest BCUT2D eigenvalue weighted by Gasteiger charge is -2.30. The quantitative estimate of drug-likeness (QED) is 0.892. The van der Waals surface area contributed by atoms with E-state index in [2.05, 4.69) is 0 Å². The Labute approximate surface area is 139 Å². The molecule has 124 valence electrons. The number of carbonyl (C=O) groups is 2. The van der Waals surface area contributed by atoms with Crippen LogP contribution >= 0.6 is 11.6 Å². The Kier molecular flexibility index (Phi) is 4.61. The van der Waals surface area contributed by atoms with E-state index >= 15 is 0 Å². The van der Waals surface area contributed by atoms with E-state index in [4.69, 9.17) is 26.8 Å². The van der Waals surface area contributed by atoms with Crippen molar-refractivity contribution in [3.05, 3.63) is 22.7 Å². The van der Waals surface area contributed by atoms with Gasteiger partial charge in [0.25, 0.3) is 5.91 Å². The molecule has 3 rings (SSSR count). The average Bonchev–Trinajstić information content (AvgIpc) is 2.80. The Bertz CT molecular complexity index is 627. The van der Waals surface area contributed by atoms with Gasteiger partial charge < -0.3 is 20.1 Å². The fourth-order valence-electron chi connectivity index (χ4n) is 2.90. The second-order valence-corrected chi connectivity index (χ2v) is 6.21. The number of rotatable bonds is 2. The van der Waals surface area contributed by atoms with Gasteiger partial charge in [-0.05, 0) is 25.0 Å². The van der Waals surface area contributed by atoms with Crippen LogP contribution in [0, 0.1) is 5.92 Å². The average molecular weight is 339 g/mol. The molecule has 1 fully saturated rings. The number of carbonyl (C=O) groups excluding carboxylic acids is 2. The maximum absolute atomic E-state index is 12.7. The molecular formula is C16H19ClN2O4. The Balaban J connectivity index is 1.77. The lowest BCUT2D eigenvalue weighted by molar-refractivity contribution is -0.123. The van der Waals surface area contributed by atoms with Gasteiger partial charge in [0, 0.05) is 31.0 Å². The number of piperidine rings is 1. The molecule has 1 saturated heterocycles. The molecule has 7 heteroatoms. The van der Waals surface area contributed by atoms with Crippen LogP contribution in [0.3, 0.4) is 0 Å². The fourth-order valence-corrected chi connectivity index (χ4v) is 3.17. The number of fused-ring (bicyclic) bond motifs is 1. The third-order valence-electron chi connectivity index (χ3n) is 4.23. The van der Waals surface area contributed by atoms with E-state index in [1.165, 1.54) is 0 Å². The molecule has 0 spiro atoms. The molecule has 0 saturated carbocycles. The number of benzene rings is 1. The number of likely N-dealkylation sites (tertiary alicyclic amines) is 1. The van der Waals surface area contributed by atoms with Gasteiger partial charge in [0.05, 0.1) is 18.2 Å². The van der Waals surface area contributed by atoms with Gasteiger partial charge in [-0.3, -0.25) is 9.59 Å². The van der Waals surface area contributed by atoms with Crippen LogP contribution in [0.5, 0.6) is 11.5 Å². The number of halogens is 1. The summed E-state index contributed by atoms with van der Waals surface area (Å²) in [6.07, 6.45) is 1.97. The fraction of sp³-hybridized carbons (Fsp3) is 0.500. The molecule has 6 nitrogen and oxygen atoms in total. The monoisotopic (exact) mass is 338 g/mol. The molecule has 2 aliphatic heterocycles. The van der Waals surface area contributed by atoms with Crippen LogP contribution in [-0.2, 0) is 4.79 Å². The molecule has 23 heavy (non-hydrogen) atoms. The molecule has 0 unspecified atom stereocenters. The van der Waals surface area contributed by atoms with Gasteiger partial charge in [0.2, 0.25) is 5.91 Å². The van der Waals surface area contributed by atoms with Gasteiger partial charge in [-0.25, -0.2) is 0 Å². The molecule has 2 aliphatic rings. The number of hydrogen-bond acceptors (Lipinski definition) is 4. The summed E-state index contributed by atoms with van der Waals surface area (Å²) in [5, 5.41) is 0.375. The molecule has 2 N–H and O–H groups in total. The third-order valence-corrected chi connectivity index (χ3v) is 4.51. The van der Waals surface area contributed by atoms with Crippen molar-refractivity contribution in [2.24, 2.45) is 11.7 Å². The summed E-state index contributed by atoms with van der Waals surface area (Å²) in [6, 6.07) is 3.28. The Morgan fingerprint density at radius 3 is 2.57 bits per heavy atom. The minimum absolute atomic E-state index is 0.120. The maximum atomic E-state index is 12.7. The van der Waals surface area contributed by atoms with Crippen molar-refractivity contribution < 1.29 is 19.1 Å². The van der Waals surface area contributed by atoms with Crippen molar-refractivity contribution in [1.29, 1.82) is 0 Å². The lowest BCUT2D eigenvalue weighted by atomic mass is 9.96. The first kappa shape index (κ1) is 15.9. The summed E-state index contributed by atoms with van der Waals surface area (Å²) in [4.78, 5) is 25.6. The number of nitrogens with zero attached hydrogens (tertiary/aromatic N) is 1. The number of nitrogens with two attached hydrogens (primary N) is 1. The minimum Gasteiger partial charge on any atom is -0.489 e. The number of hydrogen-bond donors (Lipinski definition) is 1. The van der Waals surface area contributed by atoms with Crippen LogP contribution in [0.2, 0.25) is 5.02 Å². The van der Waals surface area contributed by atoms with E-state index in [9.17, 15) is 9.59 Å². The van der Waals surface area contributed by atoms with Crippen LogP contribution in [0.15, 0.2) is 12.1 Å². The molecule has 1 aromatic rings. The second-order valence-electron chi connectivity index (χ2n) is 5.80. The van der Waals surface area contributed by atoms with E-state index in [0.717, 1.165) is 6.42 Å². The summed E-state index contributed by atoms with van der Waals surface area (Å²) < 4.78 is 11.2. The number of ether oxygens (including phenoxy) is 2. The molecule has 0 atom stereocenters. The number of amides is 2. The van der Waals surface area contributed by atoms with Gasteiger partial charge in [0.15, 0.2) is 11.5 Å². The topological polar surface area (TPSA) is 81.9 Å². The lowest BCUT2D eigenvalue weighted by Crippen LogP contribution is -2.41. The van der Waals surface area contributed by atoms with Crippen LogP contribution in [-0.4, -0.2) is 43.0 Å². The molecule has 2 heterocycles. The smallest absolute Gasteiger partial charge is 0.254 e. The van der Waals surface area contributed by atoms with Gasteiger partial charge in [0.1, 0.15) is 0 Å². The molecule has 0 aliphatic carbocycles. The minimum atomic E-state index is -0.296. The highest BCUT2D eigenvalue weighted by Crippen LogP contribution is 2.38. The molecule has 0 bridgehead atoms. The zero-order valence-electron chi connectivity index (χ0n) is 12.7. The van der Waals surface area contributed by atoms with Crippen molar-refractivity contribution in [1.82, 2.24) is 4.90 Å². The molecular weight excluding hydrogens is 320 g/mol. The summed E-state index contributed by atoms with van der Waals surface area (Å²) in [7, 11) is 0. The Morgan fingerprint density at radius 2 is 1.87 bits per heavy atom. The summed E-state index contributed by atoms with van der Waals surface area (Å²) in [6.45, 7) is 2.10. The highest BCUT2D eigenvalue weighted by Gasteiger charge is 2.27. The van der Waals surface area contributed by atoms with E-state index < -0.39 is 0 Å². The van der Waals surface area contributed by atoms with E-state index in [-0.39, 0.29) is 17.7 Å². The number of primary amides is 1. The Morgan fingerprint density at radius 1 is 1.17 bits per heavy atom. The van der Waals surface area contributed by atoms with Crippen molar-refractivity contribution in [3.8, 4) is 11.5 Å². The Hall–Kier alpha value is -1.95. The van der Waals surface area contributed by atoms with Crippen molar-refractivity contribution >= 4 is 23.4 Å². The predicted octanol–water partition coefficient (Wildman–Crippen LogP) is 1.84. The first-order chi connectivity index (χ1) is 11.1. The summed E-state index contributed by atoms with van der Waals surface area (Å²) in [5.41, 5.74) is 5.79. The van der Waals surface area contributed by atoms with Crippen molar-refractivity contribution in [3.63, 3.8) is 0 Å². The standard InChI is InChI=1S/C16H19ClN2O4/c17-12-8-11(9-13-14(12)23-7-1-6-22-13)16(21)19-4-2-10(3-5-19)15(18)20/h8-10H,1-7H2,(H2,18,20). The van der Waals surface area contributed by atoms with E-state index in [1.54, 1.807) is 17.0 Å². The van der Waals surface area contributed by atoms with Gasteiger partial charge >= 0.3 is 0 Å². The van der Waals surface area contributed by atoms with Crippen molar-refractivity contribution in [2.45, 2.75) is 19.3 Å². The highest BCUT2D eigenvalue weighted by atomic mass is 35.5. The first-order valence-electron chi connectivity index (χ1n) is 7.74. The SMILES string of the molecule is NC(=O)C1CCN(C(=O)c2cc(Cl)c3c(c2)OCCCO3)CC1. The van der Waals surface area contributed by atoms with Gasteiger partial charge in [-0.1, -0.05) is 11.6 Å². The van der Waals surface area contributed by atoms with Gasteiger partial charge in [-0.15, -0.1) is 0 Å². The molecule has 2 amide bonds. The normalized spacial score (nSPS) is 18.4.